The number of aromatic nitrogens is 2. The fourth-order valence-electron chi connectivity index (χ4n) is 1.35. The largest absolute Gasteiger partial charge is 0.309 e. The van der Waals surface area contributed by atoms with E-state index in [4.69, 9.17) is 23.2 Å². The molecular formula is C11H9Cl2N3O. The molecule has 0 aliphatic carbocycles. The molecule has 2 N–H and O–H groups in total. The van der Waals surface area contributed by atoms with E-state index in [1.54, 1.807) is 30.5 Å². The van der Waals surface area contributed by atoms with Crippen LogP contribution in [0.1, 0.15) is 5.56 Å². The molecule has 1 amide bonds. The van der Waals surface area contributed by atoms with Gasteiger partial charge < -0.3 is 5.32 Å². The fourth-order valence-corrected chi connectivity index (χ4v) is 1.83. The van der Waals surface area contributed by atoms with Crippen LogP contribution in [0.15, 0.2) is 30.5 Å². The smallest absolute Gasteiger partial charge is 0.230 e. The monoisotopic (exact) mass is 269 g/mol. The number of rotatable bonds is 3. The average Bonchev–Trinajstić information content (AvgIpc) is 2.75. The van der Waals surface area contributed by atoms with Gasteiger partial charge in [-0.1, -0.05) is 29.3 Å². The maximum atomic E-state index is 11.7. The highest BCUT2D eigenvalue weighted by atomic mass is 35.5. The fraction of sp³-hybridized carbons (Fsp3) is 0.0909. The van der Waals surface area contributed by atoms with Crippen LogP contribution in [-0.2, 0) is 11.2 Å². The molecule has 1 aromatic carbocycles. The summed E-state index contributed by atoms with van der Waals surface area (Å²) in [5.41, 5.74) is 0.726. The molecular weight excluding hydrogens is 261 g/mol. The Morgan fingerprint density at radius 2 is 2.18 bits per heavy atom. The normalized spacial score (nSPS) is 10.2. The molecule has 2 aromatic rings. The van der Waals surface area contributed by atoms with Crippen LogP contribution < -0.4 is 5.32 Å². The van der Waals surface area contributed by atoms with Crippen molar-refractivity contribution in [2.75, 3.05) is 5.32 Å². The van der Waals surface area contributed by atoms with Crippen LogP contribution in [0.5, 0.6) is 0 Å². The lowest BCUT2D eigenvalue weighted by atomic mass is 10.1. The van der Waals surface area contributed by atoms with Gasteiger partial charge in [-0.25, -0.2) is 0 Å². The predicted octanol–water partition coefficient (Wildman–Crippen LogP) is 2.90. The van der Waals surface area contributed by atoms with Gasteiger partial charge in [0, 0.05) is 22.3 Å². The first kappa shape index (κ1) is 12.0. The third-order valence-electron chi connectivity index (χ3n) is 2.13. The van der Waals surface area contributed by atoms with Gasteiger partial charge >= 0.3 is 0 Å². The second-order valence-corrected chi connectivity index (χ2v) is 4.26. The quantitative estimate of drug-likeness (QED) is 0.900. The average molecular weight is 270 g/mol. The maximum Gasteiger partial charge on any atom is 0.230 e. The molecule has 0 atom stereocenters. The van der Waals surface area contributed by atoms with Crippen LogP contribution in [-0.4, -0.2) is 16.1 Å². The summed E-state index contributed by atoms with van der Waals surface area (Å²) in [6.45, 7) is 0. The zero-order valence-corrected chi connectivity index (χ0v) is 10.2. The molecule has 0 fully saturated rings. The van der Waals surface area contributed by atoms with Crippen molar-refractivity contribution in [3.8, 4) is 0 Å². The Balaban J connectivity index is 2.03. The number of carbonyl (C=O) groups is 1. The van der Waals surface area contributed by atoms with Gasteiger partial charge in [0.1, 0.15) is 0 Å². The Hall–Kier alpha value is -1.52. The third-order valence-corrected chi connectivity index (χ3v) is 2.72. The molecule has 0 bridgehead atoms. The lowest BCUT2D eigenvalue weighted by Gasteiger charge is -2.04. The molecule has 17 heavy (non-hydrogen) atoms. The molecule has 0 radical (unpaired) electrons. The van der Waals surface area contributed by atoms with Gasteiger partial charge in [0.05, 0.1) is 6.42 Å². The van der Waals surface area contributed by atoms with Crippen molar-refractivity contribution in [3.63, 3.8) is 0 Å². The summed E-state index contributed by atoms with van der Waals surface area (Å²) in [5, 5.41) is 10.1. The number of benzene rings is 1. The number of nitrogens with one attached hydrogen (secondary N) is 2. The van der Waals surface area contributed by atoms with Crippen molar-refractivity contribution >= 4 is 34.9 Å². The highest BCUT2D eigenvalue weighted by molar-refractivity contribution is 6.35. The van der Waals surface area contributed by atoms with Gasteiger partial charge in [-0.3, -0.25) is 9.89 Å². The lowest BCUT2D eigenvalue weighted by Crippen LogP contribution is -2.14. The van der Waals surface area contributed by atoms with Crippen molar-refractivity contribution in [1.29, 1.82) is 0 Å². The van der Waals surface area contributed by atoms with Gasteiger partial charge in [-0.05, 0) is 17.7 Å². The van der Waals surface area contributed by atoms with Crippen LogP contribution in [0.25, 0.3) is 0 Å². The van der Waals surface area contributed by atoms with Crippen LogP contribution in [0.4, 0.5) is 5.82 Å². The number of nitrogens with zero attached hydrogens (tertiary/aromatic N) is 1. The van der Waals surface area contributed by atoms with Crippen molar-refractivity contribution in [2.45, 2.75) is 6.42 Å². The van der Waals surface area contributed by atoms with E-state index in [2.05, 4.69) is 15.5 Å². The third kappa shape index (κ3) is 3.22. The second kappa shape index (κ2) is 5.21. The van der Waals surface area contributed by atoms with Crippen molar-refractivity contribution < 1.29 is 4.79 Å². The molecule has 6 heteroatoms. The summed E-state index contributed by atoms with van der Waals surface area (Å²) >= 11 is 11.7. The highest BCUT2D eigenvalue weighted by Gasteiger charge is 2.08. The molecule has 0 saturated heterocycles. The topological polar surface area (TPSA) is 57.8 Å². The van der Waals surface area contributed by atoms with E-state index in [-0.39, 0.29) is 12.3 Å². The number of H-pyrrole nitrogens is 1. The van der Waals surface area contributed by atoms with E-state index >= 15 is 0 Å². The summed E-state index contributed by atoms with van der Waals surface area (Å²) in [7, 11) is 0. The van der Waals surface area contributed by atoms with Gasteiger partial charge in [0.25, 0.3) is 0 Å². The first-order valence-electron chi connectivity index (χ1n) is 4.89. The Kier molecular flexibility index (Phi) is 3.66. The summed E-state index contributed by atoms with van der Waals surface area (Å²) < 4.78 is 0. The van der Waals surface area contributed by atoms with Crippen LogP contribution >= 0.6 is 23.2 Å². The van der Waals surface area contributed by atoms with Gasteiger partial charge in [-0.2, -0.15) is 5.10 Å². The molecule has 0 saturated carbocycles. The number of halogens is 2. The number of carbonyl (C=O) groups excluding carboxylic acids is 1. The predicted molar refractivity (Wildman–Crippen MR) is 67.4 cm³/mol. The molecule has 1 aromatic heterocycles. The Labute approximate surface area is 108 Å². The second-order valence-electron chi connectivity index (χ2n) is 3.42. The molecule has 4 nitrogen and oxygen atoms in total. The lowest BCUT2D eigenvalue weighted by molar-refractivity contribution is -0.115. The molecule has 2 rings (SSSR count). The molecule has 0 aliphatic heterocycles. The van der Waals surface area contributed by atoms with Crippen LogP contribution in [0.3, 0.4) is 0 Å². The maximum absolute atomic E-state index is 11.7. The van der Waals surface area contributed by atoms with Gasteiger partial charge in [0.2, 0.25) is 5.91 Å². The summed E-state index contributed by atoms with van der Waals surface area (Å²) in [6.07, 6.45) is 1.81. The summed E-state index contributed by atoms with van der Waals surface area (Å²) in [6, 6.07) is 6.71. The zero-order chi connectivity index (χ0) is 12.3. The van der Waals surface area contributed by atoms with Gasteiger partial charge in [0.15, 0.2) is 5.82 Å². The minimum absolute atomic E-state index is 0.179. The van der Waals surface area contributed by atoms with Gasteiger partial charge in [-0.15, -0.1) is 0 Å². The minimum atomic E-state index is -0.179. The Morgan fingerprint density at radius 1 is 1.35 bits per heavy atom. The number of amides is 1. The molecule has 88 valence electrons. The van der Waals surface area contributed by atoms with Crippen molar-refractivity contribution in [3.05, 3.63) is 46.1 Å². The summed E-state index contributed by atoms with van der Waals surface area (Å²) in [5.74, 6) is 0.307. The van der Waals surface area contributed by atoms with E-state index in [1.807, 2.05) is 0 Å². The SMILES string of the molecule is O=C(Cc1ccc(Cl)cc1Cl)Nc1cc[nH]n1. The Bertz CT molecular complexity index is 526. The number of anilines is 1. The molecule has 0 unspecified atom stereocenters. The highest BCUT2D eigenvalue weighted by Crippen LogP contribution is 2.21. The standard InChI is InChI=1S/C11H9Cl2N3O/c12-8-2-1-7(9(13)6-8)5-11(17)15-10-3-4-14-16-10/h1-4,6H,5H2,(H2,14,15,16,17). The van der Waals surface area contributed by atoms with Crippen LogP contribution in [0.2, 0.25) is 10.0 Å². The van der Waals surface area contributed by atoms with E-state index in [0.717, 1.165) is 5.56 Å². The van der Waals surface area contributed by atoms with Crippen molar-refractivity contribution in [1.82, 2.24) is 10.2 Å². The van der Waals surface area contributed by atoms with E-state index < -0.39 is 0 Å². The molecule has 0 aliphatic rings. The Morgan fingerprint density at radius 3 is 2.82 bits per heavy atom. The molecule has 0 spiro atoms. The zero-order valence-electron chi connectivity index (χ0n) is 8.71. The first-order chi connectivity index (χ1) is 8.15. The van der Waals surface area contributed by atoms with E-state index in [9.17, 15) is 4.79 Å². The number of aromatic amines is 1. The van der Waals surface area contributed by atoms with Crippen LogP contribution in [0, 0.1) is 0 Å². The van der Waals surface area contributed by atoms with Crippen molar-refractivity contribution in [2.24, 2.45) is 0 Å². The number of hydrogen-bond donors (Lipinski definition) is 2. The van der Waals surface area contributed by atoms with E-state index in [1.165, 1.54) is 0 Å². The number of hydrogen-bond acceptors (Lipinski definition) is 2. The summed E-state index contributed by atoms with van der Waals surface area (Å²) in [4.78, 5) is 11.7. The van der Waals surface area contributed by atoms with E-state index in [0.29, 0.717) is 15.9 Å². The minimum Gasteiger partial charge on any atom is -0.309 e. The first-order valence-corrected chi connectivity index (χ1v) is 5.64. The molecule has 1 heterocycles.